The summed E-state index contributed by atoms with van der Waals surface area (Å²) in [6.07, 6.45) is 8.44. The molecule has 5 nitrogen and oxygen atoms in total. The number of benzene rings is 5. The molecule has 5 aromatic carbocycles. The van der Waals surface area contributed by atoms with Crippen LogP contribution in [0.5, 0.6) is 0 Å². The highest BCUT2D eigenvalue weighted by Crippen LogP contribution is 2.36. The topological polar surface area (TPSA) is 64.5 Å². The van der Waals surface area contributed by atoms with Gasteiger partial charge in [-0.2, -0.15) is 0 Å². The van der Waals surface area contributed by atoms with Gasteiger partial charge in [0.15, 0.2) is 5.82 Å². The summed E-state index contributed by atoms with van der Waals surface area (Å²) < 4.78 is 1.19. The van der Waals surface area contributed by atoms with E-state index in [0.717, 1.165) is 89.6 Å². The Balaban J connectivity index is 1.02. The van der Waals surface area contributed by atoms with Gasteiger partial charge in [-0.05, 0) is 54.8 Å². The summed E-state index contributed by atoms with van der Waals surface area (Å²) in [7, 11) is 0. The summed E-state index contributed by atoms with van der Waals surface area (Å²) in [5.74, 6) is 0.675. The average molecular weight is 704 g/mol. The average Bonchev–Trinajstić information content (AvgIpc) is 3.86. The minimum absolute atomic E-state index is 0.675. The molecule has 0 bridgehead atoms. The number of pyridine rings is 1. The third kappa shape index (κ3) is 5.80. The van der Waals surface area contributed by atoms with E-state index in [-0.39, 0.29) is 0 Å². The Morgan fingerprint density at radius 2 is 1.10 bits per heavy atom. The number of nitrogens with zero attached hydrogens (tertiary/aromatic N) is 5. The fraction of sp³-hybridized carbons (Fsp3) is 0.0444. The molecule has 1 aliphatic rings. The fourth-order valence-electron chi connectivity index (χ4n) is 6.68. The van der Waals surface area contributed by atoms with Crippen LogP contribution in [0.1, 0.15) is 17.0 Å². The molecule has 7 heteroatoms. The molecule has 1 aliphatic carbocycles. The molecule has 52 heavy (non-hydrogen) atoms. The number of allylic oxidation sites excluding steroid dienone is 1. The zero-order valence-electron chi connectivity index (χ0n) is 27.9. The van der Waals surface area contributed by atoms with Crippen molar-refractivity contribution in [3.63, 3.8) is 0 Å². The van der Waals surface area contributed by atoms with E-state index in [4.69, 9.17) is 19.9 Å². The van der Waals surface area contributed by atoms with Gasteiger partial charge in [-0.1, -0.05) is 109 Å². The van der Waals surface area contributed by atoms with Crippen molar-refractivity contribution < 1.29 is 0 Å². The van der Waals surface area contributed by atoms with Crippen molar-refractivity contribution in [2.45, 2.75) is 12.8 Å². The molecule has 0 spiro atoms. The van der Waals surface area contributed by atoms with E-state index in [1.54, 1.807) is 22.7 Å². The van der Waals surface area contributed by atoms with Gasteiger partial charge in [0.1, 0.15) is 10.0 Å². The minimum atomic E-state index is 0.675. The van der Waals surface area contributed by atoms with E-state index in [1.165, 1.54) is 15.3 Å². The highest BCUT2D eigenvalue weighted by atomic mass is 32.1. The maximum absolute atomic E-state index is 5.13. The first-order chi connectivity index (χ1) is 25.7. The van der Waals surface area contributed by atoms with Crippen LogP contribution in [0.2, 0.25) is 0 Å². The van der Waals surface area contributed by atoms with Crippen LogP contribution in [0.4, 0.5) is 0 Å². The van der Waals surface area contributed by atoms with Gasteiger partial charge in [0.05, 0.1) is 37.7 Å². The summed E-state index contributed by atoms with van der Waals surface area (Å²) in [5.41, 5.74) is 12.3. The van der Waals surface area contributed by atoms with Crippen LogP contribution in [-0.4, -0.2) is 24.9 Å². The predicted octanol–water partition coefficient (Wildman–Crippen LogP) is 12.1. The molecule has 10 rings (SSSR count). The van der Waals surface area contributed by atoms with Gasteiger partial charge >= 0.3 is 0 Å². The minimum Gasteiger partial charge on any atom is -0.256 e. The lowest BCUT2D eigenvalue weighted by molar-refractivity contribution is 0.947. The number of aromatic nitrogens is 5. The van der Waals surface area contributed by atoms with Gasteiger partial charge in [-0.3, -0.25) is 4.98 Å². The number of aryl methyl sites for hydroxylation is 1. The number of rotatable bonds is 6. The van der Waals surface area contributed by atoms with Crippen LogP contribution < -0.4 is 0 Å². The Morgan fingerprint density at radius 3 is 1.81 bits per heavy atom. The van der Waals surface area contributed by atoms with Gasteiger partial charge in [-0.15, -0.1) is 22.7 Å². The first-order valence-corrected chi connectivity index (χ1v) is 18.9. The Kier molecular flexibility index (Phi) is 7.59. The van der Waals surface area contributed by atoms with Gasteiger partial charge in [0.2, 0.25) is 0 Å². The van der Waals surface area contributed by atoms with Crippen LogP contribution in [0, 0.1) is 0 Å². The van der Waals surface area contributed by atoms with Crippen LogP contribution >= 0.6 is 22.7 Å². The standard InChI is InChI=1S/C45H29N5S2/c1-2-8-36-34(7-1)25-35(27-46-36)28-13-19-31(20-14-28)43-47-39(29-15-21-32(22-16-29)44-49-37-9-3-5-11-41(37)51-44)26-40(48-43)30-17-23-33(24-18-30)45-50-38-10-4-6-12-42(38)52-45/h1-3,5-9,11-27H,4,10H2. The largest absolute Gasteiger partial charge is 0.256 e. The number of hydrogen-bond donors (Lipinski definition) is 0. The molecule has 9 aromatic rings. The maximum Gasteiger partial charge on any atom is 0.160 e. The predicted molar refractivity (Wildman–Crippen MR) is 216 cm³/mol. The van der Waals surface area contributed by atoms with E-state index >= 15 is 0 Å². The van der Waals surface area contributed by atoms with Crippen molar-refractivity contribution in [2.24, 2.45) is 0 Å². The molecule has 0 fully saturated rings. The van der Waals surface area contributed by atoms with Crippen LogP contribution in [0.3, 0.4) is 0 Å². The molecular weight excluding hydrogens is 675 g/mol. The first kappa shape index (κ1) is 30.7. The second-order valence-corrected chi connectivity index (χ2v) is 14.9. The highest BCUT2D eigenvalue weighted by molar-refractivity contribution is 7.21. The van der Waals surface area contributed by atoms with Gasteiger partial charge < -0.3 is 0 Å². The summed E-state index contributed by atoms with van der Waals surface area (Å²) in [6.45, 7) is 0. The molecule has 0 N–H and O–H groups in total. The van der Waals surface area contributed by atoms with E-state index in [2.05, 4.69) is 126 Å². The summed E-state index contributed by atoms with van der Waals surface area (Å²) in [4.78, 5) is 26.0. The lowest BCUT2D eigenvalue weighted by Gasteiger charge is -2.11. The third-order valence-electron chi connectivity index (χ3n) is 9.49. The van der Waals surface area contributed by atoms with Crippen molar-refractivity contribution in [3.05, 3.63) is 156 Å². The smallest absolute Gasteiger partial charge is 0.160 e. The quantitative estimate of drug-likeness (QED) is 0.172. The van der Waals surface area contributed by atoms with Crippen molar-refractivity contribution in [2.75, 3.05) is 0 Å². The lowest BCUT2D eigenvalue weighted by Crippen LogP contribution is -1.96. The van der Waals surface area contributed by atoms with Crippen molar-refractivity contribution in [1.29, 1.82) is 0 Å². The SMILES string of the molecule is C1=Cc2sc(-c3ccc(-c4cc(-c5ccc(-c6nc7ccccc7s6)cc5)nc(-c5ccc(-c6cnc7ccccc7c6)cc5)n4)cc3)nc2CC1. The molecule has 4 aromatic heterocycles. The molecule has 0 saturated carbocycles. The third-order valence-corrected chi connectivity index (χ3v) is 11.7. The van der Waals surface area contributed by atoms with Crippen molar-refractivity contribution >= 4 is 49.9 Å². The molecule has 0 atom stereocenters. The van der Waals surface area contributed by atoms with Gasteiger partial charge in [-0.25, -0.2) is 19.9 Å². The highest BCUT2D eigenvalue weighted by Gasteiger charge is 2.15. The second-order valence-electron chi connectivity index (χ2n) is 12.9. The molecule has 246 valence electrons. The molecule has 0 amide bonds. The lowest BCUT2D eigenvalue weighted by atomic mass is 10.0. The summed E-state index contributed by atoms with van der Waals surface area (Å²) in [5, 5.41) is 3.19. The zero-order chi connectivity index (χ0) is 34.4. The van der Waals surface area contributed by atoms with E-state index < -0.39 is 0 Å². The fourth-order valence-corrected chi connectivity index (χ4v) is 8.70. The molecule has 0 saturated heterocycles. The van der Waals surface area contributed by atoms with Crippen molar-refractivity contribution in [1.82, 2.24) is 24.9 Å². The van der Waals surface area contributed by atoms with E-state index in [9.17, 15) is 0 Å². The molecule has 0 aliphatic heterocycles. The Morgan fingerprint density at radius 1 is 0.481 bits per heavy atom. The maximum atomic E-state index is 5.13. The van der Waals surface area contributed by atoms with Crippen LogP contribution in [-0.2, 0) is 6.42 Å². The van der Waals surface area contributed by atoms with Gasteiger partial charge in [0.25, 0.3) is 0 Å². The Hall–Kier alpha value is -6.15. The van der Waals surface area contributed by atoms with E-state index in [0.29, 0.717) is 5.82 Å². The molecule has 0 radical (unpaired) electrons. The van der Waals surface area contributed by atoms with Crippen molar-refractivity contribution in [3.8, 4) is 66.2 Å². The van der Waals surface area contributed by atoms with Crippen LogP contribution in [0.25, 0.3) is 93.4 Å². The summed E-state index contributed by atoms with van der Waals surface area (Å²) >= 11 is 3.47. The second kappa shape index (κ2) is 12.9. The molecule has 4 heterocycles. The Bertz CT molecular complexity index is 2750. The monoisotopic (exact) mass is 703 g/mol. The zero-order valence-corrected chi connectivity index (χ0v) is 29.5. The number of thiazole rings is 2. The first-order valence-electron chi connectivity index (χ1n) is 17.3. The molecular formula is C45H29N5S2. The number of para-hydroxylation sites is 2. The number of hydrogen-bond acceptors (Lipinski definition) is 7. The molecule has 0 unspecified atom stereocenters. The van der Waals surface area contributed by atoms with E-state index in [1.807, 2.05) is 30.5 Å². The Labute approximate surface area is 308 Å². The van der Waals surface area contributed by atoms with Gasteiger partial charge in [0, 0.05) is 45.0 Å². The number of fused-ring (bicyclic) bond motifs is 3. The van der Waals surface area contributed by atoms with Crippen LogP contribution in [0.15, 0.2) is 146 Å². The summed E-state index contributed by atoms with van der Waals surface area (Å²) in [6, 6.07) is 46.4. The normalized spacial score (nSPS) is 12.4.